The van der Waals surface area contributed by atoms with Gasteiger partial charge in [-0.25, -0.2) is 0 Å². The van der Waals surface area contributed by atoms with E-state index in [4.69, 9.17) is 5.26 Å². The Labute approximate surface area is 141 Å². The number of carbonyl (C=O) groups is 1. The SMILES string of the molecule is N#CCc1cccc2c1CCN(C(=O)C1CCCc3ccnn31)C2. The zero-order valence-electron chi connectivity index (χ0n) is 13.6. The molecular formula is C19H20N4O. The second-order valence-electron chi connectivity index (χ2n) is 6.57. The molecule has 0 aliphatic carbocycles. The smallest absolute Gasteiger partial charge is 0.247 e. The minimum atomic E-state index is -0.160. The van der Waals surface area contributed by atoms with Gasteiger partial charge >= 0.3 is 0 Å². The van der Waals surface area contributed by atoms with Crippen molar-refractivity contribution in [3.8, 4) is 6.07 Å². The highest BCUT2D eigenvalue weighted by atomic mass is 16.2. The van der Waals surface area contributed by atoms with Crippen LogP contribution in [0.3, 0.4) is 0 Å². The topological polar surface area (TPSA) is 61.9 Å². The van der Waals surface area contributed by atoms with Crippen molar-refractivity contribution in [3.05, 3.63) is 52.8 Å². The number of fused-ring (bicyclic) bond motifs is 2. The Bertz CT molecular complexity index is 817. The lowest BCUT2D eigenvalue weighted by molar-refractivity contribution is -0.136. The van der Waals surface area contributed by atoms with Crippen molar-refractivity contribution in [2.24, 2.45) is 0 Å². The molecule has 5 nitrogen and oxygen atoms in total. The number of rotatable bonds is 2. The van der Waals surface area contributed by atoms with Crippen LogP contribution >= 0.6 is 0 Å². The average molecular weight is 320 g/mol. The van der Waals surface area contributed by atoms with Crippen LogP contribution in [-0.4, -0.2) is 27.1 Å². The van der Waals surface area contributed by atoms with Gasteiger partial charge in [0.2, 0.25) is 5.91 Å². The van der Waals surface area contributed by atoms with Gasteiger partial charge in [-0.15, -0.1) is 0 Å². The fraction of sp³-hybridized carbons (Fsp3) is 0.421. The molecule has 0 bridgehead atoms. The maximum absolute atomic E-state index is 13.0. The van der Waals surface area contributed by atoms with Gasteiger partial charge in [0.05, 0.1) is 12.5 Å². The van der Waals surface area contributed by atoms with Gasteiger partial charge < -0.3 is 4.90 Å². The number of amides is 1. The molecule has 0 spiro atoms. The number of benzene rings is 1. The first kappa shape index (κ1) is 14.9. The highest BCUT2D eigenvalue weighted by Crippen LogP contribution is 2.29. The summed E-state index contributed by atoms with van der Waals surface area (Å²) in [5.41, 5.74) is 4.70. The van der Waals surface area contributed by atoms with E-state index < -0.39 is 0 Å². The number of hydrogen-bond acceptors (Lipinski definition) is 3. The molecule has 122 valence electrons. The number of nitriles is 1. The van der Waals surface area contributed by atoms with Crippen LogP contribution in [0.25, 0.3) is 0 Å². The highest BCUT2D eigenvalue weighted by Gasteiger charge is 2.32. The third-order valence-corrected chi connectivity index (χ3v) is 5.19. The predicted octanol–water partition coefficient (Wildman–Crippen LogP) is 2.41. The zero-order chi connectivity index (χ0) is 16.5. The molecule has 1 aromatic carbocycles. The molecular weight excluding hydrogens is 300 g/mol. The molecule has 1 aromatic heterocycles. The number of nitrogens with zero attached hydrogens (tertiary/aromatic N) is 4. The van der Waals surface area contributed by atoms with E-state index >= 15 is 0 Å². The second-order valence-corrected chi connectivity index (χ2v) is 6.57. The van der Waals surface area contributed by atoms with Crippen LogP contribution in [-0.2, 0) is 30.6 Å². The van der Waals surface area contributed by atoms with Crippen LogP contribution in [0.15, 0.2) is 30.5 Å². The van der Waals surface area contributed by atoms with Gasteiger partial charge in [0, 0.05) is 25.0 Å². The molecule has 2 aliphatic rings. The molecule has 1 unspecified atom stereocenters. The van der Waals surface area contributed by atoms with Gasteiger partial charge in [0.1, 0.15) is 6.04 Å². The maximum atomic E-state index is 13.0. The van der Waals surface area contributed by atoms with Gasteiger partial charge in [-0.2, -0.15) is 10.4 Å². The fourth-order valence-electron chi connectivity index (χ4n) is 3.99. The highest BCUT2D eigenvalue weighted by molar-refractivity contribution is 5.81. The lowest BCUT2D eigenvalue weighted by Crippen LogP contribution is -2.42. The normalized spacial score (nSPS) is 19.3. The van der Waals surface area contributed by atoms with Crippen molar-refractivity contribution < 1.29 is 4.79 Å². The molecule has 0 fully saturated rings. The Hall–Kier alpha value is -2.61. The Morgan fingerprint density at radius 3 is 3.12 bits per heavy atom. The van der Waals surface area contributed by atoms with E-state index in [0.29, 0.717) is 13.0 Å². The van der Waals surface area contributed by atoms with E-state index in [-0.39, 0.29) is 11.9 Å². The third kappa shape index (κ3) is 2.48. The molecule has 2 aliphatic heterocycles. The Morgan fingerprint density at radius 1 is 1.33 bits per heavy atom. The minimum absolute atomic E-state index is 0.160. The van der Waals surface area contributed by atoms with Crippen LogP contribution in [0.1, 0.15) is 41.3 Å². The molecule has 3 heterocycles. The molecule has 0 saturated carbocycles. The van der Waals surface area contributed by atoms with Gasteiger partial charge in [-0.05, 0) is 48.4 Å². The van der Waals surface area contributed by atoms with Gasteiger partial charge in [-0.3, -0.25) is 9.48 Å². The largest absolute Gasteiger partial charge is 0.336 e. The van der Waals surface area contributed by atoms with Crippen LogP contribution in [0.2, 0.25) is 0 Å². The van der Waals surface area contributed by atoms with Crippen molar-refractivity contribution in [1.82, 2.24) is 14.7 Å². The first-order chi connectivity index (χ1) is 11.8. The van der Waals surface area contributed by atoms with E-state index in [1.807, 2.05) is 27.8 Å². The van der Waals surface area contributed by atoms with E-state index in [0.717, 1.165) is 43.5 Å². The quantitative estimate of drug-likeness (QED) is 0.853. The maximum Gasteiger partial charge on any atom is 0.247 e. The summed E-state index contributed by atoms with van der Waals surface area (Å²) in [6, 6.07) is 10.2. The molecule has 1 atom stereocenters. The summed E-state index contributed by atoms with van der Waals surface area (Å²) in [6.07, 6.45) is 5.98. The van der Waals surface area contributed by atoms with Crippen LogP contribution in [0.4, 0.5) is 0 Å². The van der Waals surface area contributed by atoms with Crippen LogP contribution < -0.4 is 0 Å². The number of aryl methyl sites for hydroxylation is 1. The van der Waals surface area contributed by atoms with Gasteiger partial charge in [0.25, 0.3) is 0 Å². The second kappa shape index (κ2) is 6.12. The molecule has 0 N–H and O–H groups in total. The van der Waals surface area contributed by atoms with Crippen molar-refractivity contribution in [3.63, 3.8) is 0 Å². The van der Waals surface area contributed by atoms with Crippen LogP contribution in [0.5, 0.6) is 0 Å². The first-order valence-electron chi connectivity index (χ1n) is 8.55. The molecule has 0 saturated heterocycles. The Kier molecular flexibility index (Phi) is 3.81. The summed E-state index contributed by atoms with van der Waals surface area (Å²) in [5, 5.41) is 13.4. The van der Waals surface area contributed by atoms with Crippen LogP contribution in [0, 0.1) is 11.3 Å². The molecule has 24 heavy (non-hydrogen) atoms. The average Bonchev–Trinajstić information content (AvgIpc) is 3.10. The van der Waals surface area contributed by atoms with E-state index in [9.17, 15) is 4.79 Å². The van der Waals surface area contributed by atoms with Gasteiger partial charge in [0.15, 0.2) is 0 Å². The summed E-state index contributed by atoms with van der Waals surface area (Å²) >= 11 is 0. The number of carbonyl (C=O) groups excluding carboxylic acids is 1. The molecule has 1 amide bonds. The summed E-state index contributed by atoms with van der Waals surface area (Å²) in [7, 11) is 0. The number of aromatic nitrogens is 2. The summed E-state index contributed by atoms with van der Waals surface area (Å²) in [5.74, 6) is 0.177. The van der Waals surface area contributed by atoms with Crippen molar-refractivity contribution in [2.45, 2.75) is 44.7 Å². The molecule has 4 rings (SSSR count). The Balaban J connectivity index is 1.57. The summed E-state index contributed by atoms with van der Waals surface area (Å²) < 4.78 is 1.91. The van der Waals surface area contributed by atoms with E-state index in [1.54, 1.807) is 6.20 Å². The lowest BCUT2D eigenvalue weighted by atomic mass is 9.92. The summed E-state index contributed by atoms with van der Waals surface area (Å²) in [6.45, 7) is 1.36. The Morgan fingerprint density at radius 2 is 2.25 bits per heavy atom. The molecule has 0 radical (unpaired) electrons. The van der Waals surface area contributed by atoms with Crippen molar-refractivity contribution >= 4 is 5.91 Å². The third-order valence-electron chi connectivity index (χ3n) is 5.19. The van der Waals surface area contributed by atoms with E-state index in [1.165, 1.54) is 11.1 Å². The van der Waals surface area contributed by atoms with E-state index in [2.05, 4.69) is 17.2 Å². The minimum Gasteiger partial charge on any atom is -0.336 e. The van der Waals surface area contributed by atoms with Gasteiger partial charge in [-0.1, -0.05) is 18.2 Å². The predicted molar refractivity (Wildman–Crippen MR) is 89.1 cm³/mol. The molecule has 5 heteroatoms. The van der Waals surface area contributed by atoms with Crippen molar-refractivity contribution in [1.29, 1.82) is 5.26 Å². The van der Waals surface area contributed by atoms with Crippen molar-refractivity contribution in [2.75, 3.05) is 6.54 Å². The number of hydrogen-bond donors (Lipinski definition) is 0. The summed E-state index contributed by atoms with van der Waals surface area (Å²) in [4.78, 5) is 15.0. The first-order valence-corrected chi connectivity index (χ1v) is 8.55. The standard InChI is InChI=1S/C19H20N4O/c20-10-7-14-3-1-4-15-13-22(12-9-17(14)15)19(24)18-6-2-5-16-8-11-21-23(16)18/h1,3-4,8,11,18H,2,5-7,9,12-13H2. The fourth-order valence-corrected chi connectivity index (χ4v) is 3.99. The zero-order valence-corrected chi connectivity index (χ0v) is 13.6. The lowest BCUT2D eigenvalue weighted by Gasteiger charge is -2.34. The molecule has 2 aromatic rings. The monoisotopic (exact) mass is 320 g/mol.